The molecule has 0 aliphatic carbocycles. The van der Waals surface area contributed by atoms with Crippen LogP contribution in [-0.4, -0.2) is 5.91 Å². The summed E-state index contributed by atoms with van der Waals surface area (Å²) in [4.78, 5) is 17.1. The summed E-state index contributed by atoms with van der Waals surface area (Å²) in [7, 11) is 0. The Hall–Kier alpha value is -3.01. The van der Waals surface area contributed by atoms with Gasteiger partial charge in [0.2, 0.25) is 5.91 Å². The first-order chi connectivity index (χ1) is 16.2. The number of carbonyl (C=O) groups excluding carboxylic acids is 1. The monoisotopic (exact) mass is 467 g/mol. The molecule has 0 unspecified atom stereocenters. The third-order valence-electron chi connectivity index (χ3n) is 6.87. The number of hydrogen-bond donors (Lipinski definition) is 0. The Morgan fingerprint density at radius 1 is 0.788 bits per heavy atom. The SMILES string of the molecule is O=C1[C@@H](c2ccccc2)[C@]2(c3ccccc3)C[C@H](c3ccccc3Cl)Sc3ccccc3N12. The van der Waals surface area contributed by atoms with Crippen LogP contribution in [0.3, 0.4) is 0 Å². The maximum Gasteiger partial charge on any atom is 0.238 e. The standard InChI is InChI=1S/C29H22ClNOS/c30-23-16-8-7-15-22(23)26-19-29(21-13-5-2-6-14-21)27(20-11-3-1-4-12-20)28(32)31(29)24-17-9-10-18-25(24)33-26/h1-18,26-27H,19H2/t26-,27-,29-/m1/s1. The fourth-order valence-corrected chi connectivity index (χ4v) is 7.21. The minimum Gasteiger partial charge on any atom is -0.299 e. The van der Waals surface area contributed by atoms with Gasteiger partial charge in [-0.15, -0.1) is 11.8 Å². The van der Waals surface area contributed by atoms with Crippen molar-refractivity contribution in [2.45, 2.75) is 28.0 Å². The van der Waals surface area contributed by atoms with E-state index in [1.54, 1.807) is 11.8 Å². The third-order valence-corrected chi connectivity index (χ3v) is 8.52. The second-order valence-corrected chi connectivity index (χ2v) is 10.3. The van der Waals surface area contributed by atoms with Crippen LogP contribution >= 0.6 is 23.4 Å². The van der Waals surface area contributed by atoms with Gasteiger partial charge in [-0.2, -0.15) is 0 Å². The van der Waals surface area contributed by atoms with E-state index in [2.05, 4.69) is 59.5 Å². The Labute approximate surface area is 203 Å². The number of fused-ring (bicyclic) bond motifs is 3. The van der Waals surface area contributed by atoms with Gasteiger partial charge in [0, 0.05) is 15.2 Å². The second-order valence-electron chi connectivity index (χ2n) is 8.61. The van der Waals surface area contributed by atoms with Gasteiger partial charge in [0.15, 0.2) is 0 Å². The van der Waals surface area contributed by atoms with Crippen molar-refractivity contribution < 1.29 is 4.79 Å². The van der Waals surface area contributed by atoms with Crippen LogP contribution in [0, 0.1) is 0 Å². The fourth-order valence-electron chi connectivity index (χ4n) is 5.47. The number of halogens is 1. The maximum atomic E-state index is 13.9. The molecule has 2 aliphatic rings. The van der Waals surface area contributed by atoms with Gasteiger partial charge in [0.25, 0.3) is 0 Å². The van der Waals surface area contributed by atoms with Crippen molar-refractivity contribution in [2.24, 2.45) is 0 Å². The zero-order chi connectivity index (χ0) is 22.4. The zero-order valence-electron chi connectivity index (χ0n) is 17.9. The minimum atomic E-state index is -0.497. The number of thioether (sulfide) groups is 1. The van der Waals surface area contributed by atoms with Crippen LogP contribution in [0.1, 0.15) is 34.3 Å². The first-order valence-corrected chi connectivity index (χ1v) is 12.4. The molecular weight excluding hydrogens is 446 g/mol. The highest BCUT2D eigenvalue weighted by molar-refractivity contribution is 7.99. The molecule has 4 aromatic rings. The molecule has 162 valence electrons. The van der Waals surface area contributed by atoms with Gasteiger partial charge in [-0.25, -0.2) is 0 Å². The van der Waals surface area contributed by atoms with E-state index in [0.29, 0.717) is 0 Å². The molecule has 6 rings (SSSR count). The number of β-lactam (4-membered cyclic amide) rings is 1. The molecule has 0 N–H and O–H groups in total. The van der Waals surface area contributed by atoms with E-state index < -0.39 is 5.54 Å². The summed E-state index contributed by atoms with van der Waals surface area (Å²) in [6.07, 6.45) is 0.769. The highest BCUT2D eigenvalue weighted by atomic mass is 35.5. The predicted molar refractivity (Wildman–Crippen MR) is 136 cm³/mol. The Morgan fingerprint density at radius 2 is 1.42 bits per heavy atom. The van der Waals surface area contributed by atoms with Crippen LogP contribution < -0.4 is 4.90 Å². The molecule has 0 spiro atoms. The Morgan fingerprint density at radius 3 is 2.18 bits per heavy atom. The van der Waals surface area contributed by atoms with Gasteiger partial charge in [0.05, 0.1) is 17.1 Å². The summed E-state index contributed by atoms with van der Waals surface area (Å²) in [5.74, 6) is -0.101. The third kappa shape index (κ3) is 3.14. The lowest BCUT2D eigenvalue weighted by molar-refractivity contribution is -0.131. The number of benzene rings is 4. The second kappa shape index (κ2) is 8.09. The van der Waals surface area contributed by atoms with Crippen molar-refractivity contribution >= 4 is 35.0 Å². The van der Waals surface area contributed by atoms with E-state index in [9.17, 15) is 4.79 Å². The van der Waals surface area contributed by atoms with Gasteiger partial charge in [-0.05, 0) is 41.3 Å². The largest absolute Gasteiger partial charge is 0.299 e. The molecule has 2 nitrogen and oxygen atoms in total. The summed E-state index contributed by atoms with van der Waals surface area (Å²) in [6.45, 7) is 0. The normalized spacial score (nSPS) is 23.8. The van der Waals surface area contributed by atoms with Crippen LogP contribution in [-0.2, 0) is 10.3 Å². The van der Waals surface area contributed by atoms with E-state index in [-0.39, 0.29) is 17.1 Å². The topological polar surface area (TPSA) is 20.3 Å². The highest BCUT2D eigenvalue weighted by Gasteiger charge is 2.64. The van der Waals surface area contributed by atoms with E-state index >= 15 is 0 Å². The average molecular weight is 468 g/mol. The van der Waals surface area contributed by atoms with Crippen molar-refractivity contribution in [3.8, 4) is 0 Å². The van der Waals surface area contributed by atoms with Crippen molar-refractivity contribution in [2.75, 3.05) is 4.90 Å². The first kappa shape index (κ1) is 20.6. The van der Waals surface area contributed by atoms with Gasteiger partial charge in [-0.3, -0.25) is 9.69 Å². The summed E-state index contributed by atoms with van der Waals surface area (Å²) < 4.78 is 0. The number of para-hydroxylation sites is 1. The smallest absolute Gasteiger partial charge is 0.238 e. The summed E-state index contributed by atoms with van der Waals surface area (Å²) in [5.41, 5.74) is 3.82. The van der Waals surface area contributed by atoms with Crippen molar-refractivity contribution in [3.05, 3.63) is 131 Å². The molecule has 4 aromatic carbocycles. The number of hydrogen-bond acceptors (Lipinski definition) is 2. The minimum absolute atomic E-state index is 0.101. The number of amides is 1. The Bertz CT molecular complexity index is 1330. The number of carbonyl (C=O) groups is 1. The Kier molecular flexibility index (Phi) is 5.05. The van der Waals surface area contributed by atoms with Gasteiger partial charge < -0.3 is 0 Å². The van der Waals surface area contributed by atoms with Crippen LogP contribution in [0.25, 0.3) is 0 Å². The summed E-state index contributed by atoms with van der Waals surface area (Å²) in [5, 5.41) is 0.871. The van der Waals surface area contributed by atoms with E-state index in [1.165, 1.54) is 0 Å². The van der Waals surface area contributed by atoms with Crippen LogP contribution in [0.15, 0.2) is 114 Å². The molecule has 1 amide bonds. The molecule has 3 atom stereocenters. The highest BCUT2D eigenvalue weighted by Crippen LogP contribution is 2.63. The number of anilines is 1. The number of nitrogens with zero attached hydrogens (tertiary/aromatic N) is 1. The van der Waals surface area contributed by atoms with Crippen molar-refractivity contribution in [3.63, 3.8) is 0 Å². The molecule has 2 heterocycles. The summed E-state index contributed by atoms with van der Waals surface area (Å²) in [6, 6.07) is 37.1. The zero-order valence-corrected chi connectivity index (χ0v) is 19.5. The maximum absolute atomic E-state index is 13.9. The van der Waals surface area contributed by atoms with E-state index in [4.69, 9.17) is 11.6 Å². The van der Waals surface area contributed by atoms with Crippen LogP contribution in [0.4, 0.5) is 5.69 Å². The predicted octanol–water partition coefficient (Wildman–Crippen LogP) is 7.60. The summed E-state index contributed by atoms with van der Waals surface area (Å²) >= 11 is 8.53. The van der Waals surface area contributed by atoms with E-state index in [0.717, 1.165) is 38.7 Å². The molecule has 0 bridgehead atoms. The molecule has 33 heavy (non-hydrogen) atoms. The molecule has 0 aromatic heterocycles. The van der Waals surface area contributed by atoms with Crippen LogP contribution in [0.5, 0.6) is 0 Å². The first-order valence-electron chi connectivity index (χ1n) is 11.1. The molecule has 0 radical (unpaired) electrons. The molecule has 2 aliphatic heterocycles. The van der Waals surface area contributed by atoms with Crippen molar-refractivity contribution in [1.29, 1.82) is 0 Å². The quantitative estimate of drug-likeness (QED) is 0.289. The van der Waals surface area contributed by atoms with Crippen LogP contribution in [0.2, 0.25) is 5.02 Å². The lowest BCUT2D eigenvalue weighted by Crippen LogP contribution is -2.67. The lowest BCUT2D eigenvalue weighted by atomic mass is 9.63. The number of rotatable bonds is 3. The molecule has 1 saturated heterocycles. The average Bonchev–Trinajstić information content (AvgIpc) is 2.98. The molecule has 0 saturated carbocycles. The lowest BCUT2D eigenvalue weighted by Gasteiger charge is -2.58. The van der Waals surface area contributed by atoms with E-state index in [1.807, 2.05) is 54.6 Å². The van der Waals surface area contributed by atoms with Crippen molar-refractivity contribution in [1.82, 2.24) is 0 Å². The molecule has 1 fully saturated rings. The Balaban J connectivity index is 1.62. The molecular formula is C29H22ClNOS. The van der Waals surface area contributed by atoms with Gasteiger partial charge >= 0.3 is 0 Å². The molecule has 4 heteroatoms. The fraction of sp³-hybridized carbons (Fsp3) is 0.138. The van der Waals surface area contributed by atoms with Gasteiger partial charge in [-0.1, -0.05) is 103 Å². The van der Waals surface area contributed by atoms with Gasteiger partial charge in [0.1, 0.15) is 0 Å².